The van der Waals surface area contributed by atoms with E-state index < -0.39 is 0 Å². The maximum absolute atomic E-state index is 11.9. The standard InChI is InChI=1S/C22H21N7OS/c1-3-7-19(30)23-22-29(26-20(4-2)31-22)14-15-10-12-16(13-11-15)17-8-5-6-9-18(17)21-24-27-28-25-21/h3,5-13H,4,14H2,1-2H3,(H,24,25,27,28)/b7-3+,23-22?. The lowest BCUT2D eigenvalue weighted by Gasteiger charge is -2.08. The van der Waals surface area contributed by atoms with Crippen LogP contribution in [0.25, 0.3) is 22.5 Å². The molecule has 0 bridgehead atoms. The van der Waals surface area contributed by atoms with Crippen LogP contribution in [0.2, 0.25) is 0 Å². The van der Waals surface area contributed by atoms with Crippen LogP contribution in [0.1, 0.15) is 24.4 Å². The molecule has 1 N–H and O–H groups in total. The molecule has 2 aromatic heterocycles. The molecule has 0 aliphatic rings. The van der Waals surface area contributed by atoms with Gasteiger partial charge < -0.3 is 0 Å². The number of carbonyl (C=O) groups is 1. The average molecular weight is 432 g/mol. The van der Waals surface area contributed by atoms with E-state index >= 15 is 0 Å². The van der Waals surface area contributed by atoms with Crippen LogP contribution in [-0.2, 0) is 17.8 Å². The molecule has 2 aromatic carbocycles. The number of tetrazole rings is 1. The van der Waals surface area contributed by atoms with Crippen LogP contribution in [-0.4, -0.2) is 36.3 Å². The molecule has 9 heteroatoms. The van der Waals surface area contributed by atoms with E-state index in [2.05, 4.69) is 55.0 Å². The van der Waals surface area contributed by atoms with Gasteiger partial charge in [-0.2, -0.15) is 10.1 Å². The Morgan fingerprint density at radius 3 is 2.61 bits per heavy atom. The minimum absolute atomic E-state index is 0.281. The number of hydrogen-bond donors (Lipinski definition) is 1. The van der Waals surface area contributed by atoms with E-state index in [1.54, 1.807) is 17.7 Å². The number of aryl methyl sites for hydroxylation is 1. The van der Waals surface area contributed by atoms with Gasteiger partial charge in [0.1, 0.15) is 5.01 Å². The maximum atomic E-state index is 11.9. The van der Waals surface area contributed by atoms with Gasteiger partial charge in [0.2, 0.25) is 4.80 Å². The number of rotatable bonds is 6. The highest BCUT2D eigenvalue weighted by atomic mass is 32.1. The molecule has 4 aromatic rings. The number of H-pyrrole nitrogens is 1. The largest absolute Gasteiger partial charge is 0.272 e. The highest BCUT2D eigenvalue weighted by molar-refractivity contribution is 7.08. The van der Waals surface area contributed by atoms with E-state index in [0.29, 0.717) is 17.2 Å². The van der Waals surface area contributed by atoms with E-state index in [0.717, 1.165) is 33.7 Å². The van der Waals surface area contributed by atoms with Gasteiger partial charge in [-0.05, 0) is 40.5 Å². The van der Waals surface area contributed by atoms with Gasteiger partial charge in [-0.1, -0.05) is 72.9 Å². The fraction of sp³-hybridized carbons (Fsp3) is 0.182. The summed E-state index contributed by atoms with van der Waals surface area (Å²) in [6.07, 6.45) is 3.93. The molecule has 0 atom stereocenters. The highest BCUT2D eigenvalue weighted by Gasteiger charge is 2.11. The van der Waals surface area contributed by atoms with Gasteiger partial charge in [-0.15, -0.1) is 5.10 Å². The van der Waals surface area contributed by atoms with Gasteiger partial charge in [0.25, 0.3) is 5.91 Å². The predicted molar refractivity (Wildman–Crippen MR) is 119 cm³/mol. The number of aromatic nitrogens is 6. The van der Waals surface area contributed by atoms with Crippen molar-refractivity contribution in [3.8, 4) is 22.5 Å². The lowest BCUT2D eigenvalue weighted by atomic mass is 9.98. The zero-order valence-corrected chi connectivity index (χ0v) is 18.0. The second kappa shape index (κ2) is 9.40. The number of nitrogens with one attached hydrogen (secondary N) is 1. The lowest BCUT2D eigenvalue weighted by Crippen LogP contribution is -2.18. The summed E-state index contributed by atoms with van der Waals surface area (Å²) in [6, 6.07) is 16.2. The second-order valence-corrected chi connectivity index (χ2v) is 7.77. The Bertz CT molecular complexity index is 1270. The Labute approximate surface area is 183 Å². The smallest absolute Gasteiger partial charge is 0.267 e. The van der Waals surface area contributed by atoms with Gasteiger partial charge in [0, 0.05) is 11.6 Å². The van der Waals surface area contributed by atoms with Crippen LogP contribution in [0.15, 0.2) is 65.7 Å². The molecule has 0 saturated heterocycles. The van der Waals surface area contributed by atoms with Crippen LogP contribution in [0, 0.1) is 0 Å². The molecule has 0 aliphatic heterocycles. The second-order valence-electron chi connectivity index (χ2n) is 6.73. The fourth-order valence-electron chi connectivity index (χ4n) is 3.13. The van der Waals surface area contributed by atoms with Crippen molar-refractivity contribution in [2.24, 2.45) is 4.99 Å². The first-order valence-electron chi connectivity index (χ1n) is 9.88. The van der Waals surface area contributed by atoms with Crippen molar-refractivity contribution in [3.63, 3.8) is 0 Å². The topological polar surface area (TPSA) is 102 Å². The molecule has 31 heavy (non-hydrogen) atoms. The summed E-state index contributed by atoms with van der Waals surface area (Å²) in [7, 11) is 0. The van der Waals surface area contributed by atoms with E-state index in [1.165, 1.54) is 17.4 Å². The lowest BCUT2D eigenvalue weighted by molar-refractivity contribution is -0.113. The zero-order valence-electron chi connectivity index (χ0n) is 17.2. The minimum atomic E-state index is -0.281. The summed E-state index contributed by atoms with van der Waals surface area (Å²) in [4.78, 5) is 16.7. The third kappa shape index (κ3) is 4.72. The Morgan fingerprint density at radius 2 is 1.94 bits per heavy atom. The Kier molecular flexibility index (Phi) is 6.23. The van der Waals surface area contributed by atoms with E-state index in [1.807, 2.05) is 31.2 Å². The number of hydrogen-bond acceptors (Lipinski definition) is 6. The number of nitrogens with zero attached hydrogens (tertiary/aromatic N) is 6. The molecule has 0 aliphatic carbocycles. The van der Waals surface area contributed by atoms with Crippen LogP contribution >= 0.6 is 11.3 Å². The van der Waals surface area contributed by atoms with Crippen LogP contribution in [0.4, 0.5) is 0 Å². The highest BCUT2D eigenvalue weighted by Crippen LogP contribution is 2.29. The van der Waals surface area contributed by atoms with Gasteiger partial charge >= 0.3 is 0 Å². The first-order valence-corrected chi connectivity index (χ1v) is 10.7. The van der Waals surface area contributed by atoms with Crippen LogP contribution in [0.3, 0.4) is 0 Å². The summed E-state index contributed by atoms with van der Waals surface area (Å²) in [5, 5.41) is 19.8. The molecule has 0 spiro atoms. The van der Waals surface area contributed by atoms with Gasteiger partial charge in [-0.3, -0.25) is 4.79 Å². The Morgan fingerprint density at radius 1 is 1.16 bits per heavy atom. The number of aromatic amines is 1. The minimum Gasteiger partial charge on any atom is -0.267 e. The van der Waals surface area contributed by atoms with Gasteiger partial charge in [-0.25, -0.2) is 9.78 Å². The summed E-state index contributed by atoms with van der Waals surface area (Å²) >= 11 is 1.44. The van der Waals surface area contributed by atoms with Crippen molar-refractivity contribution in [2.75, 3.05) is 0 Å². The van der Waals surface area contributed by atoms with Crippen molar-refractivity contribution >= 4 is 17.2 Å². The van der Waals surface area contributed by atoms with Crippen LogP contribution < -0.4 is 4.80 Å². The molecule has 0 saturated carbocycles. The van der Waals surface area contributed by atoms with Crippen molar-refractivity contribution < 1.29 is 4.79 Å². The first-order chi connectivity index (χ1) is 15.2. The molecule has 1 amide bonds. The Balaban J connectivity index is 1.63. The van der Waals surface area contributed by atoms with Crippen molar-refractivity contribution in [3.05, 3.63) is 76.1 Å². The number of amides is 1. The SMILES string of the molecule is C/C=C/C(=O)N=c1sc(CC)nn1Cc1ccc(-c2ccccc2-c2nnn[nH]2)cc1. The van der Waals surface area contributed by atoms with Crippen molar-refractivity contribution in [1.82, 2.24) is 30.4 Å². The van der Waals surface area contributed by atoms with E-state index in [-0.39, 0.29) is 5.91 Å². The molecular formula is C22H21N7OS. The van der Waals surface area contributed by atoms with Gasteiger partial charge in [0.05, 0.1) is 6.54 Å². The summed E-state index contributed by atoms with van der Waals surface area (Å²) in [5.74, 6) is 0.346. The maximum Gasteiger partial charge on any atom is 0.272 e. The molecule has 8 nitrogen and oxygen atoms in total. The average Bonchev–Trinajstić information content (AvgIpc) is 3.45. The van der Waals surface area contributed by atoms with E-state index in [4.69, 9.17) is 0 Å². The first kappa shape index (κ1) is 20.5. The summed E-state index contributed by atoms with van der Waals surface area (Å²) in [5.41, 5.74) is 4.09. The monoisotopic (exact) mass is 431 g/mol. The predicted octanol–water partition coefficient (Wildman–Crippen LogP) is 3.41. The zero-order chi connectivity index (χ0) is 21.6. The molecule has 4 rings (SSSR count). The van der Waals surface area contributed by atoms with E-state index in [9.17, 15) is 4.79 Å². The molecular weight excluding hydrogens is 410 g/mol. The molecule has 156 valence electrons. The molecule has 0 unspecified atom stereocenters. The van der Waals surface area contributed by atoms with Crippen molar-refractivity contribution in [1.29, 1.82) is 0 Å². The summed E-state index contributed by atoms with van der Waals surface area (Å²) < 4.78 is 1.79. The third-order valence-corrected chi connectivity index (χ3v) is 5.70. The third-order valence-electron chi connectivity index (χ3n) is 4.60. The Hall–Kier alpha value is -3.72. The molecule has 0 fully saturated rings. The normalized spacial score (nSPS) is 12.0. The van der Waals surface area contributed by atoms with Gasteiger partial charge in [0.15, 0.2) is 5.82 Å². The quantitative estimate of drug-likeness (QED) is 0.472. The summed E-state index contributed by atoms with van der Waals surface area (Å²) in [6.45, 7) is 4.37. The number of benzene rings is 2. The molecule has 2 heterocycles. The fourth-order valence-corrected chi connectivity index (χ4v) is 3.97. The number of carbonyl (C=O) groups excluding carboxylic acids is 1. The number of allylic oxidation sites excluding steroid dienone is 1. The van der Waals surface area contributed by atoms with Crippen LogP contribution in [0.5, 0.6) is 0 Å². The molecule has 0 radical (unpaired) electrons. The van der Waals surface area contributed by atoms with Crippen molar-refractivity contribution in [2.45, 2.75) is 26.8 Å².